The lowest BCUT2D eigenvalue weighted by atomic mass is 9.53. The van der Waals surface area contributed by atoms with Crippen molar-refractivity contribution in [3.8, 4) is 0 Å². The Morgan fingerprint density at radius 1 is 0.543 bits per heavy atom. The second kappa shape index (κ2) is 8.22. The molecule has 0 spiro atoms. The van der Waals surface area contributed by atoms with E-state index in [1.165, 1.54) is 44.9 Å². The zero-order chi connectivity index (χ0) is 24.9. The molecule has 0 heterocycles. The van der Waals surface area contributed by atoms with Crippen LogP contribution in [0.25, 0.3) is 0 Å². The van der Waals surface area contributed by atoms with Crippen molar-refractivity contribution in [1.82, 2.24) is 0 Å². The van der Waals surface area contributed by atoms with E-state index >= 15 is 0 Å². The third-order valence-corrected chi connectivity index (χ3v) is 16.9. The van der Waals surface area contributed by atoms with Crippen molar-refractivity contribution in [3.05, 3.63) is 0 Å². The van der Waals surface area contributed by atoms with Crippen molar-refractivity contribution < 1.29 is 0 Å². The van der Waals surface area contributed by atoms with Gasteiger partial charge in [-0.25, -0.2) is 0 Å². The Hall–Kier alpha value is 0.430. The maximum atomic E-state index is 2.91. The van der Waals surface area contributed by atoms with E-state index in [-0.39, 0.29) is 7.92 Å². The fraction of sp³-hybridized carbons (Fsp3) is 1.00. The molecule has 6 aliphatic rings. The minimum atomic E-state index is 0.0247. The molecule has 0 amide bonds. The fourth-order valence-corrected chi connectivity index (χ4v) is 20.3. The molecule has 6 saturated carbocycles. The lowest BCUT2D eigenvalue weighted by Crippen LogP contribution is -2.57. The highest BCUT2D eigenvalue weighted by molar-refractivity contribution is 7.61. The van der Waals surface area contributed by atoms with E-state index in [2.05, 4.69) is 48.5 Å². The molecule has 35 heavy (non-hydrogen) atoms. The molecule has 200 valence electrons. The Kier molecular flexibility index (Phi) is 6.03. The first-order valence-electron chi connectivity index (χ1n) is 16.0. The summed E-state index contributed by atoms with van der Waals surface area (Å²) in [5, 5.41) is 1.30. The lowest BCUT2D eigenvalue weighted by Gasteiger charge is -2.68. The SMILES string of the molecule is CC1CC2CC(C1)CC(P(C1(C)CC3(C)CCCC(C)(C3)C1)C13CCCC(C)(CC(C)(C)C1)C3)C2. The van der Waals surface area contributed by atoms with Gasteiger partial charge in [0.05, 0.1) is 0 Å². The van der Waals surface area contributed by atoms with Crippen LogP contribution in [0, 0.1) is 39.4 Å². The summed E-state index contributed by atoms with van der Waals surface area (Å²) in [6, 6.07) is 0. The molecule has 0 nitrogen and oxygen atoms in total. The van der Waals surface area contributed by atoms with Crippen molar-refractivity contribution in [2.45, 2.75) is 174 Å². The van der Waals surface area contributed by atoms with E-state index in [1.54, 1.807) is 64.2 Å². The summed E-state index contributed by atoms with van der Waals surface area (Å²) in [4.78, 5) is 0. The van der Waals surface area contributed by atoms with Crippen LogP contribution in [0.4, 0.5) is 0 Å². The minimum Gasteiger partial charge on any atom is -0.0909 e. The van der Waals surface area contributed by atoms with E-state index in [1.807, 2.05) is 0 Å². The third kappa shape index (κ3) is 4.63. The standard InChI is InChI=1S/C34H59P/c1-25-14-26-16-27(15-25)18-28(17-26)35(33(7)22-31(5)10-8-11-32(6,21-31)23-33)34-13-9-12-30(4,24-34)19-29(2,3)20-34/h25-28H,8-24H2,1-7H3. The van der Waals surface area contributed by atoms with Crippen LogP contribution in [-0.2, 0) is 0 Å². The highest BCUT2D eigenvalue weighted by atomic mass is 31.1. The van der Waals surface area contributed by atoms with Crippen LogP contribution in [0.3, 0.4) is 0 Å². The molecule has 0 aromatic heterocycles. The zero-order valence-corrected chi connectivity index (χ0v) is 25.7. The highest BCUT2D eigenvalue weighted by Crippen LogP contribution is 2.80. The van der Waals surface area contributed by atoms with Crippen LogP contribution in [0.5, 0.6) is 0 Å². The van der Waals surface area contributed by atoms with Gasteiger partial charge in [-0.3, -0.25) is 0 Å². The Bertz CT molecular complexity index is 788. The highest BCUT2D eigenvalue weighted by Gasteiger charge is 2.63. The molecule has 0 N–H and O–H groups in total. The summed E-state index contributed by atoms with van der Waals surface area (Å²) < 4.78 is 0. The van der Waals surface area contributed by atoms with Crippen molar-refractivity contribution in [2.24, 2.45) is 39.4 Å². The number of fused-ring (bicyclic) bond motifs is 6. The molecule has 1 heteroatoms. The van der Waals surface area contributed by atoms with Crippen LogP contribution in [0.1, 0.15) is 158 Å². The van der Waals surface area contributed by atoms with Crippen molar-refractivity contribution in [1.29, 1.82) is 0 Å². The number of hydrogen-bond acceptors (Lipinski definition) is 0. The Morgan fingerprint density at radius 2 is 1.09 bits per heavy atom. The first kappa shape index (κ1) is 25.7. The van der Waals surface area contributed by atoms with Crippen LogP contribution in [-0.4, -0.2) is 16.0 Å². The van der Waals surface area contributed by atoms with Crippen LogP contribution in [0.15, 0.2) is 0 Å². The summed E-state index contributed by atoms with van der Waals surface area (Å²) in [7, 11) is 0.0247. The summed E-state index contributed by atoms with van der Waals surface area (Å²) in [6.07, 6.45) is 26.4. The van der Waals surface area contributed by atoms with Crippen molar-refractivity contribution in [2.75, 3.05) is 0 Å². The van der Waals surface area contributed by atoms with Gasteiger partial charge >= 0.3 is 0 Å². The Labute approximate surface area is 220 Å². The van der Waals surface area contributed by atoms with Gasteiger partial charge in [-0.2, -0.15) is 0 Å². The van der Waals surface area contributed by atoms with Crippen LogP contribution < -0.4 is 0 Å². The molecule has 6 fully saturated rings. The molecule has 0 aliphatic heterocycles. The predicted molar refractivity (Wildman–Crippen MR) is 155 cm³/mol. The Morgan fingerprint density at radius 3 is 1.69 bits per heavy atom. The lowest BCUT2D eigenvalue weighted by molar-refractivity contribution is 0.000530. The van der Waals surface area contributed by atoms with Gasteiger partial charge in [0.25, 0.3) is 0 Å². The van der Waals surface area contributed by atoms with Gasteiger partial charge in [0.1, 0.15) is 0 Å². The second-order valence-electron chi connectivity index (χ2n) is 18.1. The van der Waals surface area contributed by atoms with Crippen molar-refractivity contribution >= 4 is 7.92 Å². The molecule has 6 aliphatic carbocycles. The molecule has 0 aromatic carbocycles. The predicted octanol–water partition coefficient (Wildman–Crippen LogP) is 11.0. The van der Waals surface area contributed by atoms with Gasteiger partial charge in [-0.05, 0) is 152 Å². The van der Waals surface area contributed by atoms with Gasteiger partial charge in [0.15, 0.2) is 0 Å². The molecule has 7 unspecified atom stereocenters. The summed E-state index contributed by atoms with van der Waals surface area (Å²) >= 11 is 0. The van der Waals surface area contributed by atoms with E-state index in [0.717, 1.165) is 23.4 Å². The zero-order valence-electron chi connectivity index (χ0n) is 24.8. The number of rotatable bonds is 3. The monoisotopic (exact) mass is 498 g/mol. The summed E-state index contributed by atoms with van der Waals surface area (Å²) in [5.74, 6) is 3.12. The molecule has 6 rings (SSSR count). The van der Waals surface area contributed by atoms with E-state index in [9.17, 15) is 0 Å². The molecular weight excluding hydrogens is 439 g/mol. The maximum absolute atomic E-state index is 2.91. The normalized spacial score (nSPS) is 56.3. The van der Waals surface area contributed by atoms with Gasteiger partial charge in [0.2, 0.25) is 0 Å². The first-order chi connectivity index (χ1) is 16.2. The van der Waals surface area contributed by atoms with Gasteiger partial charge in [-0.1, -0.05) is 69.2 Å². The topological polar surface area (TPSA) is 0 Å². The van der Waals surface area contributed by atoms with Crippen LogP contribution >= 0.6 is 7.92 Å². The molecule has 6 bridgehead atoms. The fourth-order valence-electron chi connectivity index (χ4n) is 13.8. The Balaban J connectivity index is 1.44. The quantitative estimate of drug-likeness (QED) is 0.339. The minimum absolute atomic E-state index is 0.0247. The molecule has 0 aromatic rings. The number of hydrogen-bond donors (Lipinski definition) is 0. The van der Waals surface area contributed by atoms with Gasteiger partial charge in [0, 0.05) is 0 Å². The smallest absolute Gasteiger partial charge is 0.00768 e. The summed E-state index contributed by atoms with van der Waals surface area (Å²) in [5.41, 5.74) is 3.49. The van der Waals surface area contributed by atoms with Crippen molar-refractivity contribution in [3.63, 3.8) is 0 Å². The molecule has 7 atom stereocenters. The van der Waals surface area contributed by atoms with Gasteiger partial charge < -0.3 is 0 Å². The first-order valence-corrected chi connectivity index (χ1v) is 17.4. The van der Waals surface area contributed by atoms with E-state index in [0.29, 0.717) is 32.0 Å². The summed E-state index contributed by atoms with van der Waals surface area (Å²) in [6.45, 7) is 19.0. The second-order valence-corrected chi connectivity index (χ2v) is 21.6. The average molecular weight is 499 g/mol. The molecule has 0 saturated heterocycles. The maximum Gasteiger partial charge on any atom is -0.00768 e. The largest absolute Gasteiger partial charge is 0.0909 e. The van der Waals surface area contributed by atoms with Crippen LogP contribution in [0.2, 0.25) is 0 Å². The molecular formula is C34H59P. The van der Waals surface area contributed by atoms with E-state index in [4.69, 9.17) is 0 Å². The average Bonchev–Trinajstić information content (AvgIpc) is 2.62. The molecule has 0 radical (unpaired) electrons. The third-order valence-electron chi connectivity index (χ3n) is 12.7. The van der Waals surface area contributed by atoms with Gasteiger partial charge in [-0.15, -0.1) is 0 Å². The van der Waals surface area contributed by atoms with E-state index < -0.39 is 0 Å².